The fraction of sp³-hybridized carbons (Fsp3) is 0.300. The number of rotatable bonds is 4. The topological polar surface area (TPSA) is 69.6 Å². The number of aliphatic hydroxyl groups excluding tert-OH is 2. The molecule has 0 aliphatic rings. The van der Waals surface area contributed by atoms with Crippen LogP contribution in [0.3, 0.4) is 0 Å². The number of carbonyl (C=O) groups excluding carboxylic acids is 1. The summed E-state index contributed by atoms with van der Waals surface area (Å²) in [5.74, 6) is -0.340. The molecule has 1 rings (SSSR count). The Balaban J connectivity index is 2.57. The summed E-state index contributed by atoms with van der Waals surface area (Å²) < 4.78 is 1.04. The molecule has 0 saturated heterocycles. The van der Waals surface area contributed by atoms with E-state index in [0.717, 1.165) is 3.57 Å². The Morgan fingerprint density at radius 2 is 2.00 bits per heavy atom. The molecular weight excluding hydrogens is 309 g/mol. The molecule has 1 amide bonds. The Bertz CT molecular complexity index is 326. The van der Waals surface area contributed by atoms with Crippen LogP contribution in [0.15, 0.2) is 24.3 Å². The van der Waals surface area contributed by atoms with Crippen LogP contribution in [0.1, 0.15) is 16.8 Å². The lowest BCUT2D eigenvalue weighted by atomic mass is 10.2. The molecule has 1 unspecified atom stereocenters. The van der Waals surface area contributed by atoms with Crippen LogP contribution in [0.5, 0.6) is 0 Å². The highest BCUT2D eigenvalue weighted by Gasteiger charge is 2.09. The summed E-state index contributed by atoms with van der Waals surface area (Å²) in [5.41, 5.74) is 0.493. The molecule has 0 aliphatic carbocycles. The molecule has 82 valence electrons. The van der Waals surface area contributed by atoms with Gasteiger partial charge in [-0.2, -0.15) is 0 Å². The quantitative estimate of drug-likeness (QED) is 0.565. The summed E-state index contributed by atoms with van der Waals surface area (Å²) in [6.45, 7) is -0.159. The van der Waals surface area contributed by atoms with Crippen molar-refractivity contribution in [2.45, 2.75) is 12.6 Å². The minimum Gasteiger partial charge on any atom is -0.396 e. The Kier molecular flexibility index (Phi) is 5.00. The van der Waals surface area contributed by atoms with Crippen LogP contribution in [0.4, 0.5) is 0 Å². The summed E-state index contributed by atoms with van der Waals surface area (Å²) in [6, 6.07) is 6.99. The predicted molar refractivity (Wildman–Crippen MR) is 64.3 cm³/mol. The molecular formula is C10H12INO3. The molecule has 0 radical (unpaired) electrons. The van der Waals surface area contributed by atoms with Crippen LogP contribution in [0.25, 0.3) is 0 Å². The third-order valence-corrected chi connectivity index (χ3v) is 2.53. The van der Waals surface area contributed by atoms with E-state index in [1.165, 1.54) is 0 Å². The molecule has 1 atom stereocenters. The van der Waals surface area contributed by atoms with Gasteiger partial charge < -0.3 is 15.5 Å². The maximum Gasteiger partial charge on any atom is 0.253 e. The van der Waals surface area contributed by atoms with E-state index in [2.05, 4.69) is 27.9 Å². The second kappa shape index (κ2) is 6.04. The lowest BCUT2D eigenvalue weighted by molar-refractivity contribution is 0.0709. The second-order valence-electron chi connectivity index (χ2n) is 3.01. The second-order valence-corrected chi connectivity index (χ2v) is 4.25. The SMILES string of the molecule is O=C(NC(O)CCO)c1ccc(I)cc1. The predicted octanol–water partition coefficient (Wildman–Crippen LogP) is 0.722. The number of carbonyl (C=O) groups is 1. The van der Waals surface area contributed by atoms with Gasteiger partial charge in [0.2, 0.25) is 0 Å². The van der Waals surface area contributed by atoms with Crippen LogP contribution >= 0.6 is 22.6 Å². The maximum atomic E-state index is 11.5. The van der Waals surface area contributed by atoms with Gasteiger partial charge in [-0.15, -0.1) is 0 Å². The van der Waals surface area contributed by atoms with Gasteiger partial charge in [0.05, 0.1) is 0 Å². The summed E-state index contributed by atoms with van der Waals surface area (Å²) in [5, 5.41) is 20.2. The fourth-order valence-corrected chi connectivity index (χ4v) is 1.39. The first-order chi connectivity index (χ1) is 7.13. The monoisotopic (exact) mass is 321 g/mol. The molecule has 5 heteroatoms. The van der Waals surface area contributed by atoms with Crippen molar-refractivity contribution in [1.29, 1.82) is 0 Å². The van der Waals surface area contributed by atoms with E-state index in [1.54, 1.807) is 12.1 Å². The molecule has 0 heterocycles. The van der Waals surface area contributed by atoms with Crippen molar-refractivity contribution in [3.05, 3.63) is 33.4 Å². The van der Waals surface area contributed by atoms with Gasteiger partial charge in [-0.3, -0.25) is 4.79 Å². The van der Waals surface area contributed by atoms with Crippen LogP contribution in [0, 0.1) is 3.57 Å². The molecule has 0 fully saturated rings. The molecule has 15 heavy (non-hydrogen) atoms. The van der Waals surface area contributed by atoms with Gasteiger partial charge in [0.25, 0.3) is 5.91 Å². The molecule has 1 aromatic rings. The molecule has 0 aliphatic heterocycles. The van der Waals surface area contributed by atoms with Gasteiger partial charge in [0.1, 0.15) is 6.23 Å². The van der Waals surface area contributed by atoms with E-state index in [1.807, 2.05) is 12.1 Å². The standard InChI is InChI=1S/C10H12INO3/c11-8-3-1-7(2-4-8)10(15)12-9(14)5-6-13/h1-4,9,13-14H,5-6H2,(H,12,15). The Morgan fingerprint density at radius 3 is 2.53 bits per heavy atom. The zero-order valence-corrected chi connectivity index (χ0v) is 10.1. The number of aliphatic hydroxyl groups is 2. The lowest BCUT2D eigenvalue weighted by Gasteiger charge is -2.11. The molecule has 0 saturated carbocycles. The van der Waals surface area contributed by atoms with Crippen molar-refractivity contribution in [2.24, 2.45) is 0 Å². The van der Waals surface area contributed by atoms with Gasteiger partial charge in [0, 0.05) is 22.2 Å². The van der Waals surface area contributed by atoms with E-state index in [0.29, 0.717) is 5.56 Å². The number of hydrogen-bond donors (Lipinski definition) is 3. The molecule has 0 aromatic heterocycles. The molecule has 0 spiro atoms. The number of halogens is 1. The van der Waals surface area contributed by atoms with Crippen LogP contribution in [0.2, 0.25) is 0 Å². The van der Waals surface area contributed by atoms with Crippen LogP contribution in [-0.2, 0) is 0 Å². The summed E-state index contributed by atoms with van der Waals surface area (Å²) in [7, 11) is 0. The van der Waals surface area contributed by atoms with E-state index >= 15 is 0 Å². The van der Waals surface area contributed by atoms with Crippen molar-refractivity contribution in [1.82, 2.24) is 5.32 Å². The zero-order chi connectivity index (χ0) is 11.3. The van der Waals surface area contributed by atoms with Crippen LogP contribution < -0.4 is 5.32 Å². The Labute approximate surface area is 101 Å². The largest absolute Gasteiger partial charge is 0.396 e. The van der Waals surface area contributed by atoms with E-state index in [-0.39, 0.29) is 18.9 Å². The number of benzene rings is 1. The maximum absolute atomic E-state index is 11.5. The fourth-order valence-electron chi connectivity index (χ4n) is 1.03. The summed E-state index contributed by atoms with van der Waals surface area (Å²) in [6.07, 6.45) is -0.863. The highest BCUT2D eigenvalue weighted by Crippen LogP contribution is 2.06. The first-order valence-corrected chi connectivity index (χ1v) is 5.56. The molecule has 1 aromatic carbocycles. The summed E-state index contributed by atoms with van der Waals surface area (Å²) in [4.78, 5) is 11.5. The van der Waals surface area contributed by atoms with Crippen molar-refractivity contribution in [3.8, 4) is 0 Å². The first-order valence-electron chi connectivity index (χ1n) is 4.49. The Morgan fingerprint density at radius 1 is 1.40 bits per heavy atom. The third kappa shape index (κ3) is 4.15. The van der Waals surface area contributed by atoms with Gasteiger partial charge in [-0.25, -0.2) is 0 Å². The Hall–Kier alpha value is -0.660. The number of nitrogens with one attached hydrogen (secondary N) is 1. The minimum absolute atomic E-state index is 0.135. The van der Waals surface area contributed by atoms with Gasteiger partial charge >= 0.3 is 0 Å². The van der Waals surface area contributed by atoms with E-state index in [9.17, 15) is 9.90 Å². The summed E-state index contributed by atoms with van der Waals surface area (Å²) >= 11 is 2.14. The van der Waals surface area contributed by atoms with Gasteiger partial charge in [0.15, 0.2) is 0 Å². The molecule has 0 bridgehead atoms. The highest BCUT2D eigenvalue weighted by molar-refractivity contribution is 14.1. The molecule has 4 nitrogen and oxygen atoms in total. The van der Waals surface area contributed by atoms with E-state index < -0.39 is 6.23 Å². The van der Waals surface area contributed by atoms with Gasteiger partial charge in [-0.1, -0.05) is 0 Å². The van der Waals surface area contributed by atoms with Crippen molar-refractivity contribution in [2.75, 3.05) is 6.61 Å². The zero-order valence-electron chi connectivity index (χ0n) is 7.98. The third-order valence-electron chi connectivity index (χ3n) is 1.81. The first kappa shape index (κ1) is 12.4. The van der Waals surface area contributed by atoms with Crippen LogP contribution in [-0.4, -0.2) is 29.0 Å². The van der Waals surface area contributed by atoms with Crippen molar-refractivity contribution < 1.29 is 15.0 Å². The lowest BCUT2D eigenvalue weighted by Crippen LogP contribution is -2.35. The number of amides is 1. The average molecular weight is 321 g/mol. The van der Waals surface area contributed by atoms with Gasteiger partial charge in [-0.05, 0) is 46.9 Å². The van der Waals surface area contributed by atoms with E-state index in [4.69, 9.17) is 5.11 Å². The molecule has 3 N–H and O–H groups in total. The van der Waals surface area contributed by atoms with Crippen molar-refractivity contribution >= 4 is 28.5 Å². The smallest absolute Gasteiger partial charge is 0.253 e. The average Bonchev–Trinajstić information content (AvgIpc) is 2.18. The normalized spacial score (nSPS) is 12.2. The highest BCUT2D eigenvalue weighted by atomic mass is 127. The minimum atomic E-state index is -0.998. The number of hydrogen-bond acceptors (Lipinski definition) is 3. The van der Waals surface area contributed by atoms with Crippen molar-refractivity contribution in [3.63, 3.8) is 0 Å².